The Bertz CT molecular complexity index is 177. The third-order valence-electron chi connectivity index (χ3n) is 0.721. The summed E-state index contributed by atoms with van der Waals surface area (Å²) in [4.78, 5) is -4.41. The van der Waals surface area contributed by atoms with E-state index in [4.69, 9.17) is 0 Å². The topological polar surface area (TPSA) is 0 Å². The fraction of sp³-hybridized carbons (Fsp3) is 0.500. The Balaban J connectivity index is 4.96. The van der Waals surface area contributed by atoms with Crippen LogP contribution in [0, 0.1) is 0 Å². The highest BCUT2D eigenvalue weighted by molar-refractivity contribution is 7.68. The Morgan fingerprint density at radius 1 is 0.667 bits per heavy atom. The molecule has 0 fully saturated rings. The summed E-state index contributed by atoms with van der Waals surface area (Å²) >= 11 is 6.95. The van der Waals surface area contributed by atoms with Crippen LogP contribution in [-0.2, 0) is 25.3 Å². The van der Waals surface area contributed by atoms with Gasteiger partial charge in [0.05, 0.1) is 0 Å². The molecule has 72 valence electrons. The van der Waals surface area contributed by atoms with E-state index >= 15 is 0 Å². The first-order valence-corrected chi connectivity index (χ1v) is 3.11. The molecule has 0 aliphatic rings. The van der Waals surface area contributed by atoms with E-state index in [1.54, 1.807) is 0 Å². The van der Waals surface area contributed by atoms with Gasteiger partial charge in [0.1, 0.15) is 0 Å². The molecule has 0 heterocycles. The van der Waals surface area contributed by atoms with Crippen molar-refractivity contribution in [2.24, 2.45) is 0 Å². The molecule has 0 radical (unpaired) electrons. The van der Waals surface area contributed by atoms with Crippen molar-refractivity contribution in [2.45, 2.75) is 12.4 Å². The molecule has 0 N–H and O–H groups in total. The zero-order chi connectivity index (χ0) is 10.2. The minimum Gasteiger partial charge on any atom is -0.777 e. The summed E-state index contributed by atoms with van der Waals surface area (Å²) in [7, 11) is 0. The minimum atomic E-state index is -5.19. The molecule has 0 saturated carbocycles. The average Bonchev–Trinajstić information content (AvgIpc) is 1.80. The van der Waals surface area contributed by atoms with Gasteiger partial charge in [-0.15, -0.1) is 9.81 Å². The lowest BCUT2D eigenvalue weighted by molar-refractivity contribution is -0.103. The lowest BCUT2D eigenvalue weighted by Gasteiger charge is -2.28. The van der Waals surface area contributed by atoms with E-state index in [-0.39, 0.29) is 0 Å². The molecule has 0 aromatic heterocycles. The molecule has 0 spiro atoms. The van der Waals surface area contributed by atoms with E-state index < -0.39 is 22.2 Å². The highest BCUT2D eigenvalue weighted by Crippen LogP contribution is 2.34. The summed E-state index contributed by atoms with van der Waals surface area (Å²) in [6.07, 6.45) is -10.4. The van der Waals surface area contributed by atoms with E-state index in [1.807, 2.05) is 0 Å². The fourth-order valence-corrected chi connectivity index (χ4v) is 0.489. The van der Waals surface area contributed by atoms with Crippen molar-refractivity contribution in [3.63, 3.8) is 0 Å². The van der Waals surface area contributed by atoms with E-state index in [2.05, 4.69) is 25.3 Å². The molecule has 0 aromatic rings. The fourth-order valence-electron chi connectivity index (χ4n) is 0.257. The van der Waals surface area contributed by atoms with Crippen LogP contribution in [0.3, 0.4) is 0 Å². The van der Waals surface area contributed by atoms with Crippen LogP contribution >= 0.6 is 0 Å². The number of rotatable bonds is 0. The van der Waals surface area contributed by atoms with E-state index in [0.29, 0.717) is 0 Å². The van der Waals surface area contributed by atoms with Gasteiger partial charge in [0, 0.05) is 0 Å². The summed E-state index contributed by atoms with van der Waals surface area (Å²) in [5, 5.41) is 0. The highest BCUT2D eigenvalue weighted by atomic mass is 32.1. The predicted molar refractivity (Wildman–Crippen MR) is 33.9 cm³/mol. The molecule has 0 nitrogen and oxygen atoms in total. The lowest BCUT2D eigenvalue weighted by atomic mass is 10.4. The third-order valence-corrected chi connectivity index (χ3v) is 1.72. The quantitative estimate of drug-likeness (QED) is 0.459. The van der Waals surface area contributed by atoms with E-state index in [9.17, 15) is 26.3 Å². The summed E-state index contributed by atoms with van der Waals surface area (Å²) in [5.41, 5.74) is 0. The van der Waals surface area contributed by atoms with Gasteiger partial charge in [-0.05, 0) is 0 Å². The summed E-state index contributed by atoms with van der Waals surface area (Å²) in [6.45, 7) is 0. The van der Waals surface area contributed by atoms with Gasteiger partial charge in [-0.3, -0.25) is 0 Å². The number of allylic oxidation sites excluding steroid dienone is 2. The maximum absolute atomic E-state index is 11.5. The van der Waals surface area contributed by atoms with Gasteiger partial charge in [0.2, 0.25) is 0 Å². The molecule has 12 heavy (non-hydrogen) atoms. The standard InChI is InChI=1S/C4H2F6S2/c5-3(6,7)1(11)2(12)4(8,9)10/h11-12H/p-2/b2-1-. The SMILES string of the molecule is FC(F)(F)/C([S-])=C(/[S-])C(F)(F)F. The van der Waals surface area contributed by atoms with Crippen molar-refractivity contribution in [3.05, 3.63) is 9.81 Å². The first kappa shape index (κ1) is 11.8. The highest BCUT2D eigenvalue weighted by Gasteiger charge is 2.32. The lowest BCUT2D eigenvalue weighted by Crippen LogP contribution is -2.19. The Kier molecular flexibility index (Phi) is 3.18. The smallest absolute Gasteiger partial charge is 0.391 e. The second-order valence-electron chi connectivity index (χ2n) is 1.65. The molecular formula is C4F6S2-2. The van der Waals surface area contributed by atoms with Crippen LogP contribution in [0.25, 0.3) is 0 Å². The predicted octanol–water partition coefficient (Wildman–Crippen LogP) is 2.42. The van der Waals surface area contributed by atoms with Crippen LogP contribution in [-0.4, -0.2) is 12.4 Å². The van der Waals surface area contributed by atoms with Crippen molar-refractivity contribution < 1.29 is 26.3 Å². The maximum Gasteiger partial charge on any atom is 0.391 e. The zero-order valence-corrected chi connectivity index (χ0v) is 6.72. The van der Waals surface area contributed by atoms with E-state index in [1.165, 1.54) is 0 Å². The van der Waals surface area contributed by atoms with Crippen LogP contribution in [0.4, 0.5) is 26.3 Å². The van der Waals surface area contributed by atoms with Crippen LogP contribution in [0.5, 0.6) is 0 Å². The Labute approximate surface area is 74.4 Å². The summed E-state index contributed by atoms with van der Waals surface area (Å²) < 4.78 is 69.0. The molecule has 8 heteroatoms. The van der Waals surface area contributed by atoms with Crippen LogP contribution in [0.15, 0.2) is 9.81 Å². The number of hydrogen-bond acceptors (Lipinski definition) is 2. The number of hydrogen-bond donors (Lipinski definition) is 0. The first-order chi connectivity index (χ1) is 5.07. The van der Waals surface area contributed by atoms with Crippen molar-refractivity contribution >= 4 is 25.3 Å². The van der Waals surface area contributed by atoms with Gasteiger partial charge in [0.15, 0.2) is 0 Å². The van der Waals surface area contributed by atoms with Gasteiger partial charge in [0.25, 0.3) is 0 Å². The Hall–Kier alpha value is -0.240. The van der Waals surface area contributed by atoms with Crippen molar-refractivity contribution in [3.8, 4) is 0 Å². The molecule has 0 aliphatic heterocycles. The van der Waals surface area contributed by atoms with Gasteiger partial charge in [-0.2, -0.15) is 26.3 Å². The first-order valence-electron chi connectivity index (χ1n) is 2.29. The average molecular weight is 226 g/mol. The largest absolute Gasteiger partial charge is 0.777 e. The van der Waals surface area contributed by atoms with Gasteiger partial charge in [-0.25, -0.2) is 0 Å². The Morgan fingerprint density at radius 3 is 0.917 bits per heavy atom. The van der Waals surface area contributed by atoms with Crippen LogP contribution < -0.4 is 0 Å². The van der Waals surface area contributed by atoms with Crippen molar-refractivity contribution in [1.29, 1.82) is 0 Å². The van der Waals surface area contributed by atoms with Gasteiger partial charge in [-0.1, -0.05) is 0 Å². The molecule has 0 aliphatic carbocycles. The molecule has 0 aromatic carbocycles. The number of alkyl halides is 6. The molecule has 0 rings (SSSR count). The maximum atomic E-state index is 11.5. The van der Waals surface area contributed by atoms with Gasteiger partial charge >= 0.3 is 12.4 Å². The van der Waals surface area contributed by atoms with Crippen molar-refractivity contribution in [1.82, 2.24) is 0 Å². The van der Waals surface area contributed by atoms with E-state index in [0.717, 1.165) is 0 Å². The molecule has 0 bridgehead atoms. The normalized spacial score (nSPS) is 15.8. The third kappa shape index (κ3) is 3.02. The molecule has 0 saturated heterocycles. The number of halogens is 6. The van der Waals surface area contributed by atoms with Crippen LogP contribution in [0.1, 0.15) is 0 Å². The van der Waals surface area contributed by atoms with Crippen molar-refractivity contribution in [2.75, 3.05) is 0 Å². The van der Waals surface area contributed by atoms with Crippen LogP contribution in [0.2, 0.25) is 0 Å². The van der Waals surface area contributed by atoms with Gasteiger partial charge < -0.3 is 25.3 Å². The second-order valence-corrected chi connectivity index (χ2v) is 2.47. The minimum absolute atomic E-state index is 2.20. The molecule has 0 atom stereocenters. The zero-order valence-electron chi connectivity index (χ0n) is 5.08. The molecule has 0 unspecified atom stereocenters. The molecular weight excluding hydrogens is 226 g/mol. The summed E-state index contributed by atoms with van der Waals surface area (Å²) in [6, 6.07) is 0. The monoisotopic (exact) mass is 226 g/mol. The summed E-state index contributed by atoms with van der Waals surface area (Å²) in [5.74, 6) is 0. The molecule has 0 amide bonds. The second kappa shape index (κ2) is 3.25. The Morgan fingerprint density at radius 2 is 0.833 bits per heavy atom.